The largest absolute Gasteiger partial charge is 0.332 e. The maximum Gasteiger partial charge on any atom is 0.168 e. The Bertz CT molecular complexity index is 377. The lowest BCUT2D eigenvalue weighted by atomic mass is 10.2. The maximum absolute atomic E-state index is 4.50. The summed E-state index contributed by atoms with van der Waals surface area (Å²) in [5.74, 6) is 1.57. The first kappa shape index (κ1) is 11.9. The van der Waals surface area contributed by atoms with Crippen LogP contribution in [0.25, 0.3) is 0 Å². The van der Waals surface area contributed by atoms with Gasteiger partial charge >= 0.3 is 0 Å². The molecule has 0 aromatic heterocycles. The Kier molecular flexibility index (Phi) is 3.98. The van der Waals surface area contributed by atoms with Gasteiger partial charge in [-0.25, -0.2) is 9.98 Å². The Morgan fingerprint density at radius 1 is 1.41 bits per heavy atom. The van der Waals surface area contributed by atoms with Crippen LogP contribution in [0.5, 0.6) is 0 Å². The van der Waals surface area contributed by atoms with Gasteiger partial charge in [-0.05, 0) is 13.1 Å². The number of hydrogen-bond acceptors (Lipinski definition) is 5. The number of fused-ring (bicyclic) bond motifs is 1. The molecule has 0 radical (unpaired) electrons. The molecule has 6 nitrogen and oxygen atoms in total. The minimum atomic E-state index is -0.114. The molecule has 0 saturated heterocycles. The summed E-state index contributed by atoms with van der Waals surface area (Å²) in [6.45, 7) is 8.15. The van der Waals surface area contributed by atoms with E-state index in [0.29, 0.717) is 0 Å². The summed E-state index contributed by atoms with van der Waals surface area (Å²) < 4.78 is 0. The average molecular weight is 234 g/mol. The van der Waals surface area contributed by atoms with Gasteiger partial charge in [0, 0.05) is 6.54 Å². The van der Waals surface area contributed by atoms with Gasteiger partial charge in [0.25, 0.3) is 0 Å². The van der Waals surface area contributed by atoms with E-state index in [0.717, 1.165) is 37.9 Å². The predicted octanol–water partition coefficient (Wildman–Crippen LogP) is 0.167. The molecule has 17 heavy (non-hydrogen) atoms. The van der Waals surface area contributed by atoms with Crippen molar-refractivity contribution in [1.82, 2.24) is 10.2 Å². The number of rotatable bonds is 5. The van der Waals surface area contributed by atoms with Crippen molar-refractivity contribution < 1.29 is 0 Å². The Labute approximate surface area is 101 Å². The van der Waals surface area contributed by atoms with Crippen LogP contribution < -0.4 is 5.32 Å². The van der Waals surface area contributed by atoms with Crippen LogP contribution in [0, 0.1) is 0 Å². The molecular weight excluding hydrogens is 216 g/mol. The average Bonchev–Trinajstić information content (AvgIpc) is 2.83. The maximum atomic E-state index is 4.50. The molecule has 1 atom stereocenters. The van der Waals surface area contributed by atoms with Crippen molar-refractivity contribution in [2.75, 3.05) is 26.2 Å². The fraction of sp³-hybridized carbons (Fsp3) is 0.636. The van der Waals surface area contributed by atoms with Crippen molar-refractivity contribution in [3.05, 3.63) is 0 Å². The molecule has 0 aromatic rings. The lowest BCUT2D eigenvalue weighted by molar-refractivity contribution is 0.313. The van der Waals surface area contributed by atoms with Gasteiger partial charge in [0.15, 0.2) is 11.9 Å². The van der Waals surface area contributed by atoms with Crippen molar-refractivity contribution in [3.8, 4) is 0 Å². The first-order valence-electron chi connectivity index (χ1n) is 6.00. The zero-order chi connectivity index (χ0) is 12.1. The van der Waals surface area contributed by atoms with Crippen LogP contribution in [0.1, 0.15) is 13.8 Å². The minimum absolute atomic E-state index is 0.114. The Morgan fingerprint density at radius 2 is 2.24 bits per heavy atom. The van der Waals surface area contributed by atoms with Gasteiger partial charge in [-0.2, -0.15) is 0 Å². The van der Waals surface area contributed by atoms with E-state index in [-0.39, 0.29) is 6.04 Å². The lowest BCUT2D eigenvalue weighted by Crippen LogP contribution is -2.40. The molecule has 0 amide bonds. The van der Waals surface area contributed by atoms with Crippen LogP contribution in [-0.2, 0) is 0 Å². The van der Waals surface area contributed by atoms with Crippen molar-refractivity contribution in [1.29, 1.82) is 0 Å². The first-order chi connectivity index (χ1) is 8.35. The molecule has 0 spiro atoms. The second-order valence-corrected chi connectivity index (χ2v) is 3.85. The highest BCUT2D eigenvalue weighted by molar-refractivity contribution is 6.21. The molecule has 2 heterocycles. The van der Waals surface area contributed by atoms with E-state index in [9.17, 15) is 0 Å². The second-order valence-electron chi connectivity index (χ2n) is 3.85. The molecular formula is C11H18N6. The third-order valence-corrected chi connectivity index (χ3v) is 2.91. The first-order valence-corrected chi connectivity index (χ1v) is 6.00. The molecule has 2 aliphatic heterocycles. The van der Waals surface area contributed by atoms with Gasteiger partial charge in [-0.3, -0.25) is 9.98 Å². The van der Waals surface area contributed by atoms with Gasteiger partial charge in [0.2, 0.25) is 0 Å². The Balaban J connectivity index is 1.93. The van der Waals surface area contributed by atoms with Crippen molar-refractivity contribution in [2.45, 2.75) is 19.9 Å². The Hall–Kier alpha value is -1.56. The van der Waals surface area contributed by atoms with Gasteiger partial charge in [-0.1, -0.05) is 13.8 Å². The molecule has 0 aromatic carbocycles. The zero-order valence-electron chi connectivity index (χ0n) is 10.3. The highest BCUT2D eigenvalue weighted by atomic mass is 15.2. The summed E-state index contributed by atoms with van der Waals surface area (Å²) in [4.78, 5) is 19.4. The van der Waals surface area contributed by atoms with Crippen LogP contribution in [0.3, 0.4) is 0 Å². The standard InChI is InChI=1S/C11H18N6/c1-3-17(4-2)6-5-12-10-9-11(14-7-13-9)16-8-15-10/h7-9H,3-6H2,1-2H3,(H,12,13,14,15,16). The highest BCUT2D eigenvalue weighted by Crippen LogP contribution is 2.06. The lowest BCUT2D eigenvalue weighted by Gasteiger charge is -2.18. The molecule has 2 rings (SSSR count). The van der Waals surface area contributed by atoms with E-state index in [1.807, 2.05) is 0 Å². The van der Waals surface area contributed by atoms with E-state index in [1.165, 1.54) is 0 Å². The number of hydrogen-bond donors (Lipinski definition) is 1. The van der Waals surface area contributed by atoms with Crippen LogP contribution >= 0.6 is 0 Å². The predicted molar refractivity (Wildman–Crippen MR) is 71.4 cm³/mol. The summed E-state index contributed by atoms with van der Waals surface area (Å²) in [6.07, 6.45) is 3.18. The smallest absolute Gasteiger partial charge is 0.168 e. The third-order valence-electron chi connectivity index (χ3n) is 2.91. The topological polar surface area (TPSA) is 64.7 Å². The van der Waals surface area contributed by atoms with E-state index in [1.54, 1.807) is 12.7 Å². The van der Waals surface area contributed by atoms with Crippen molar-refractivity contribution >= 4 is 24.3 Å². The van der Waals surface area contributed by atoms with E-state index in [4.69, 9.17) is 0 Å². The van der Waals surface area contributed by atoms with E-state index in [2.05, 4.69) is 44.0 Å². The van der Waals surface area contributed by atoms with E-state index < -0.39 is 0 Å². The number of nitrogens with zero attached hydrogens (tertiary/aromatic N) is 5. The monoisotopic (exact) mass is 234 g/mol. The normalized spacial score (nSPS) is 24.1. The molecule has 2 aliphatic rings. The van der Waals surface area contributed by atoms with Crippen LogP contribution in [0.15, 0.2) is 20.0 Å². The van der Waals surface area contributed by atoms with Crippen molar-refractivity contribution in [3.63, 3.8) is 0 Å². The molecule has 92 valence electrons. The van der Waals surface area contributed by atoms with Gasteiger partial charge in [0.05, 0.1) is 12.9 Å². The van der Waals surface area contributed by atoms with Crippen LogP contribution in [0.4, 0.5) is 0 Å². The minimum Gasteiger partial charge on any atom is -0.332 e. The number of nitrogens with one attached hydrogen (secondary N) is 1. The van der Waals surface area contributed by atoms with Gasteiger partial charge in [0.1, 0.15) is 12.2 Å². The summed E-state index contributed by atoms with van der Waals surface area (Å²) in [5, 5.41) is 2.97. The quantitative estimate of drug-likeness (QED) is 0.737. The molecule has 1 N–H and O–H groups in total. The highest BCUT2D eigenvalue weighted by Gasteiger charge is 2.25. The van der Waals surface area contributed by atoms with Crippen LogP contribution in [-0.4, -0.2) is 61.5 Å². The van der Waals surface area contributed by atoms with Crippen molar-refractivity contribution in [2.24, 2.45) is 20.0 Å². The van der Waals surface area contributed by atoms with Gasteiger partial charge < -0.3 is 10.2 Å². The fourth-order valence-corrected chi connectivity index (χ4v) is 1.82. The third kappa shape index (κ3) is 2.76. The molecule has 0 fully saturated rings. The summed E-state index contributed by atoms with van der Waals surface area (Å²) in [6, 6.07) is -0.114. The fourth-order valence-electron chi connectivity index (χ4n) is 1.82. The number of aliphatic imine (C=N–C) groups is 4. The van der Waals surface area contributed by atoms with Gasteiger partial charge in [-0.15, -0.1) is 0 Å². The number of amidine groups is 2. The van der Waals surface area contributed by atoms with E-state index >= 15 is 0 Å². The van der Waals surface area contributed by atoms with Crippen LogP contribution in [0.2, 0.25) is 0 Å². The molecule has 1 unspecified atom stereocenters. The molecule has 0 bridgehead atoms. The second kappa shape index (κ2) is 5.67. The number of likely N-dealkylation sites (N-methyl/N-ethyl adjacent to an activating group) is 1. The Morgan fingerprint density at radius 3 is 3.00 bits per heavy atom. The molecule has 0 saturated carbocycles. The summed E-state index contributed by atoms with van der Waals surface area (Å²) >= 11 is 0. The summed E-state index contributed by atoms with van der Waals surface area (Å²) in [5.41, 5.74) is 0. The summed E-state index contributed by atoms with van der Waals surface area (Å²) in [7, 11) is 0. The molecule has 0 aliphatic carbocycles. The SMILES string of the molecule is CCN(CC)CCN=C1N=CNC2=NC=NC12. The zero-order valence-corrected chi connectivity index (χ0v) is 10.3. The molecule has 6 heteroatoms.